The highest BCUT2D eigenvalue weighted by Gasteiger charge is 2.30. The van der Waals surface area contributed by atoms with E-state index in [-0.39, 0.29) is 6.04 Å². The van der Waals surface area contributed by atoms with Gasteiger partial charge in [0.2, 0.25) is 0 Å². The van der Waals surface area contributed by atoms with Gasteiger partial charge in [-0.15, -0.1) is 0 Å². The van der Waals surface area contributed by atoms with Crippen molar-refractivity contribution >= 4 is 16.6 Å². The molecular weight excluding hydrogens is 319 g/mol. The maximum atomic E-state index is 12.8. The Morgan fingerprint density at radius 2 is 2.04 bits per heavy atom. The molecular formula is C16H14F3N5. The Balaban J connectivity index is 1.63. The van der Waals surface area contributed by atoms with Gasteiger partial charge in [0.05, 0.1) is 17.6 Å². The molecule has 0 saturated heterocycles. The Morgan fingerprint density at radius 3 is 2.88 bits per heavy atom. The fourth-order valence-electron chi connectivity index (χ4n) is 3.03. The van der Waals surface area contributed by atoms with Crippen LogP contribution in [0.15, 0.2) is 36.8 Å². The lowest BCUT2D eigenvalue weighted by atomic mass is 10.1. The number of fused-ring (bicyclic) bond motifs is 2. The van der Waals surface area contributed by atoms with Crippen LogP contribution in [0.1, 0.15) is 17.8 Å². The van der Waals surface area contributed by atoms with Crippen molar-refractivity contribution in [2.45, 2.75) is 31.6 Å². The molecule has 0 amide bonds. The molecule has 8 heteroatoms. The van der Waals surface area contributed by atoms with Gasteiger partial charge in [0, 0.05) is 29.7 Å². The Morgan fingerprint density at radius 1 is 1.17 bits per heavy atom. The second kappa shape index (κ2) is 5.47. The molecule has 1 aromatic carbocycles. The van der Waals surface area contributed by atoms with E-state index in [1.54, 1.807) is 6.07 Å². The van der Waals surface area contributed by atoms with Crippen molar-refractivity contribution in [2.24, 2.45) is 0 Å². The highest BCUT2D eigenvalue weighted by atomic mass is 19.4. The monoisotopic (exact) mass is 333 g/mol. The number of nitrogens with one attached hydrogen (secondary N) is 1. The molecule has 5 nitrogen and oxygen atoms in total. The number of halogens is 3. The number of hydrogen-bond acceptors (Lipinski definition) is 4. The van der Waals surface area contributed by atoms with E-state index < -0.39 is 11.7 Å². The summed E-state index contributed by atoms with van der Waals surface area (Å²) >= 11 is 0. The lowest BCUT2D eigenvalue weighted by molar-refractivity contribution is -0.137. The zero-order valence-electron chi connectivity index (χ0n) is 12.6. The number of nitrogens with zero attached hydrogens (tertiary/aromatic N) is 4. The second-order valence-electron chi connectivity index (χ2n) is 5.83. The van der Waals surface area contributed by atoms with E-state index in [9.17, 15) is 13.2 Å². The van der Waals surface area contributed by atoms with Crippen LogP contribution in [0.4, 0.5) is 18.9 Å². The van der Waals surface area contributed by atoms with Crippen LogP contribution < -0.4 is 5.32 Å². The number of aromatic nitrogens is 4. The highest BCUT2D eigenvalue weighted by Crippen LogP contribution is 2.33. The highest BCUT2D eigenvalue weighted by molar-refractivity contribution is 5.91. The predicted molar refractivity (Wildman–Crippen MR) is 82.5 cm³/mol. The third-order valence-electron chi connectivity index (χ3n) is 4.24. The van der Waals surface area contributed by atoms with Crippen molar-refractivity contribution in [1.29, 1.82) is 0 Å². The van der Waals surface area contributed by atoms with Crippen LogP contribution >= 0.6 is 0 Å². The molecule has 1 atom stereocenters. The minimum atomic E-state index is -4.37. The average Bonchev–Trinajstić information content (AvgIpc) is 3.01. The minimum absolute atomic E-state index is 0.145. The van der Waals surface area contributed by atoms with Crippen LogP contribution in [0.5, 0.6) is 0 Å². The van der Waals surface area contributed by atoms with Gasteiger partial charge in [0.25, 0.3) is 0 Å². The van der Waals surface area contributed by atoms with Crippen LogP contribution in [0.2, 0.25) is 0 Å². The molecule has 124 valence electrons. The Bertz CT molecular complexity index is 887. The van der Waals surface area contributed by atoms with Crippen molar-refractivity contribution in [2.75, 3.05) is 5.32 Å². The first-order valence-electron chi connectivity index (χ1n) is 7.60. The molecule has 24 heavy (non-hydrogen) atoms. The quantitative estimate of drug-likeness (QED) is 0.782. The number of pyridine rings is 1. The standard InChI is InChI=1S/C16H14F3N5/c17-16(18,19)10-1-3-12-13(5-6-20-14(12)7-10)23-11-2-4-15-21-9-22-24(15)8-11/h1,3,5-7,9,11H,2,4,8H2,(H,20,23). The van der Waals surface area contributed by atoms with E-state index >= 15 is 0 Å². The van der Waals surface area contributed by atoms with Gasteiger partial charge in [0.15, 0.2) is 0 Å². The maximum absolute atomic E-state index is 12.8. The average molecular weight is 333 g/mol. The first-order valence-corrected chi connectivity index (χ1v) is 7.60. The molecule has 0 bridgehead atoms. The largest absolute Gasteiger partial charge is 0.416 e. The van der Waals surface area contributed by atoms with Crippen molar-refractivity contribution in [3.63, 3.8) is 0 Å². The van der Waals surface area contributed by atoms with Gasteiger partial charge in [-0.2, -0.15) is 18.3 Å². The van der Waals surface area contributed by atoms with Crippen molar-refractivity contribution in [3.05, 3.63) is 48.2 Å². The summed E-state index contributed by atoms with van der Waals surface area (Å²) in [6.07, 6.45) is 0.404. The third-order valence-corrected chi connectivity index (χ3v) is 4.24. The summed E-state index contributed by atoms with van der Waals surface area (Å²) < 4.78 is 40.4. The SMILES string of the molecule is FC(F)(F)c1ccc2c(NC3CCc4ncnn4C3)ccnc2c1. The molecule has 3 aromatic rings. The van der Waals surface area contributed by atoms with Crippen LogP contribution in [-0.4, -0.2) is 25.8 Å². The molecule has 3 heterocycles. The van der Waals surface area contributed by atoms with Gasteiger partial charge in [-0.3, -0.25) is 4.98 Å². The molecule has 2 aromatic heterocycles. The molecule has 0 spiro atoms. The summed E-state index contributed by atoms with van der Waals surface area (Å²) in [6.45, 7) is 0.680. The Labute approximate surface area is 135 Å². The van der Waals surface area contributed by atoms with Crippen LogP contribution in [0.3, 0.4) is 0 Å². The molecule has 0 fully saturated rings. The molecule has 1 unspecified atom stereocenters. The molecule has 4 rings (SSSR count). The summed E-state index contributed by atoms with van der Waals surface area (Å²) in [5, 5.41) is 8.26. The maximum Gasteiger partial charge on any atom is 0.416 e. The number of aryl methyl sites for hydroxylation is 1. The van der Waals surface area contributed by atoms with Crippen molar-refractivity contribution < 1.29 is 13.2 Å². The van der Waals surface area contributed by atoms with Crippen molar-refractivity contribution in [1.82, 2.24) is 19.7 Å². The summed E-state index contributed by atoms with van der Waals surface area (Å²) in [5.74, 6) is 0.961. The number of benzene rings is 1. The minimum Gasteiger partial charge on any atom is -0.380 e. The smallest absolute Gasteiger partial charge is 0.380 e. The fraction of sp³-hybridized carbons (Fsp3) is 0.312. The number of alkyl halides is 3. The van der Waals surface area contributed by atoms with Crippen LogP contribution in [0.25, 0.3) is 10.9 Å². The van der Waals surface area contributed by atoms with E-state index in [1.807, 2.05) is 4.68 Å². The Hall–Kier alpha value is -2.64. The zero-order chi connectivity index (χ0) is 16.7. The lowest BCUT2D eigenvalue weighted by Gasteiger charge is -2.25. The molecule has 0 aliphatic carbocycles. The zero-order valence-corrected chi connectivity index (χ0v) is 12.6. The number of rotatable bonds is 2. The second-order valence-corrected chi connectivity index (χ2v) is 5.83. The molecule has 1 aliphatic heterocycles. The molecule has 0 saturated carbocycles. The van der Waals surface area contributed by atoms with Gasteiger partial charge in [-0.05, 0) is 24.6 Å². The topological polar surface area (TPSA) is 55.6 Å². The first kappa shape index (κ1) is 14.9. The van der Waals surface area contributed by atoms with E-state index in [4.69, 9.17) is 0 Å². The normalized spacial score (nSPS) is 17.7. The number of hydrogen-bond donors (Lipinski definition) is 1. The molecule has 1 aliphatic rings. The van der Waals surface area contributed by atoms with Gasteiger partial charge >= 0.3 is 6.18 Å². The molecule has 0 radical (unpaired) electrons. The van der Waals surface area contributed by atoms with Gasteiger partial charge in [-0.1, -0.05) is 6.07 Å². The Kier molecular flexibility index (Phi) is 3.40. The summed E-state index contributed by atoms with van der Waals surface area (Å²) in [4.78, 5) is 8.26. The van der Waals surface area contributed by atoms with E-state index in [2.05, 4.69) is 20.4 Å². The summed E-state index contributed by atoms with van der Waals surface area (Å²) in [7, 11) is 0. The molecule has 1 N–H and O–H groups in total. The summed E-state index contributed by atoms with van der Waals surface area (Å²) in [5.41, 5.74) is 0.416. The predicted octanol–water partition coefficient (Wildman–Crippen LogP) is 3.27. The summed E-state index contributed by atoms with van der Waals surface area (Å²) in [6, 6.07) is 5.57. The van der Waals surface area contributed by atoms with E-state index in [0.29, 0.717) is 17.4 Å². The van der Waals surface area contributed by atoms with E-state index in [1.165, 1.54) is 18.6 Å². The number of anilines is 1. The van der Waals surface area contributed by atoms with Gasteiger partial charge < -0.3 is 5.32 Å². The van der Waals surface area contributed by atoms with E-state index in [0.717, 1.165) is 36.5 Å². The van der Waals surface area contributed by atoms with Crippen LogP contribution in [0, 0.1) is 0 Å². The lowest BCUT2D eigenvalue weighted by Crippen LogP contribution is -2.32. The van der Waals surface area contributed by atoms with Crippen LogP contribution in [-0.2, 0) is 19.1 Å². The van der Waals surface area contributed by atoms with Gasteiger partial charge in [0.1, 0.15) is 12.2 Å². The van der Waals surface area contributed by atoms with Gasteiger partial charge in [-0.25, -0.2) is 9.67 Å². The third kappa shape index (κ3) is 2.68. The fourth-order valence-corrected chi connectivity index (χ4v) is 3.03. The van der Waals surface area contributed by atoms with Crippen molar-refractivity contribution in [3.8, 4) is 0 Å². The first-order chi connectivity index (χ1) is 11.5.